The van der Waals surface area contributed by atoms with Gasteiger partial charge >= 0.3 is 6.03 Å². The number of pyridine rings is 1. The quantitative estimate of drug-likeness (QED) is 0.629. The van der Waals surface area contributed by atoms with Crippen molar-refractivity contribution in [2.75, 3.05) is 19.6 Å². The maximum Gasteiger partial charge on any atom is 0.317 e. The minimum atomic E-state index is 0.0376. The van der Waals surface area contributed by atoms with E-state index >= 15 is 0 Å². The highest BCUT2D eigenvalue weighted by Gasteiger charge is 2.19. The second kappa shape index (κ2) is 8.74. The first-order valence-electron chi connectivity index (χ1n) is 9.99. The summed E-state index contributed by atoms with van der Waals surface area (Å²) in [6.07, 6.45) is 9.99. The van der Waals surface area contributed by atoms with Gasteiger partial charge in [-0.25, -0.2) is 9.78 Å². The number of hydrogen-bond donors (Lipinski definition) is 2. The molecule has 0 radical (unpaired) electrons. The molecule has 3 heterocycles. The average Bonchev–Trinajstić information content (AvgIpc) is 3.18. The molecule has 0 saturated heterocycles. The van der Waals surface area contributed by atoms with E-state index in [2.05, 4.69) is 51.7 Å². The van der Waals surface area contributed by atoms with Gasteiger partial charge in [-0.2, -0.15) is 0 Å². The van der Waals surface area contributed by atoms with E-state index in [4.69, 9.17) is 0 Å². The van der Waals surface area contributed by atoms with Crippen molar-refractivity contribution in [1.29, 1.82) is 0 Å². The summed E-state index contributed by atoms with van der Waals surface area (Å²) >= 11 is 0. The molecule has 0 spiro atoms. The second-order valence-corrected chi connectivity index (χ2v) is 7.20. The lowest BCUT2D eigenvalue weighted by Crippen LogP contribution is -2.42. The Morgan fingerprint density at radius 2 is 2.04 bits per heavy atom. The number of fused-ring (bicyclic) bond motifs is 1. The Hall–Kier alpha value is -3.08. The van der Waals surface area contributed by atoms with E-state index in [0.717, 1.165) is 49.8 Å². The molecule has 3 aromatic rings. The number of nitrogens with zero attached hydrogens (tertiary/aromatic N) is 2. The molecule has 0 saturated carbocycles. The number of aryl methyl sites for hydroxylation is 1. The standard InChI is InChI=1S/C23H26N4O/c28-23(25-13-5-4-9-18-7-2-1-3-8-18)27-15-11-19(12-16-27)21-17-26-22-20(21)10-6-14-24-22/h1-3,6-8,10-11,14,17H,4-5,9,12-13,15-16H2,(H,24,26)(H,25,28). The first kappa shape index (κ1) is 18.3. The number of H-pyrrole nitrogens is 1. The third kappa shape index (κ3) is 4.25. The topological polar surface area (TPSA) is 61.0 Å². The van der Waals surface area contributed by atoms with Crippen LogP contribution in [0.3, 0.4) is 0 Å². The molecule has 0 unspecified atom stereocenters. The van der Waals surface area contributed by atoms with Gasteiger partial charge in [0, 0.05) is 43.0 Å². The van der Waals surface area contributed by atoms with E-state index in [1.807, 2.05) is 23.2 Å². The highest BCUT2D eigenvalue weighted by Crippen LogP contribution is 2.28. The molecule has 1 aliphatic rings. The smallest absolute Gasteiger partial charge is 0.317 e. The van der Waals surface area contributed by atoms with Crippen molar-refractivity contribution in [1.82, 2.24) is 20.2 Å². The van der Waals surface area contributed by atoms with Crippen molar-refractivity contribution in [3.63, 3.8) is 0 Å². The van der Waals surface area contributed by atoms with Crippen LogP contribution in [0.4, 0.5) is 4.79 Å². The van der Waals surface area contributed by atoms with E-state index in [0.29, 0.717) is 6.54 Å². The second-order valence-electron chi connectivity index (χ2n) is 7.20. The third-order valence-corrected chi connectivity index (χ3v) is 5.30. The molecule has 1 aliphatic heterocycles. The Labute approximate surface area is 165 Å². The Kier molecular flexibility index (Phi) is 5.71. The number of unbranched alkanes of at least 4 members (excludes halogenated alkanes) is 1. The van der Waals surface area contributed by atoms with Crippen LogP contribution in [0.1, 0.15) is 30.4 Å². The highest BCUT2D eigenvalue weighted by molar-refractivity contribution is 5.91. The van der Waals surface area contributed by atoms with Crippen LogP contribution in [0, 0.1) is 0 Å². The summed E-state index contributed by atoms with van der Waals surface area (Å²) in [7, 11) is 0. The summed E-state index contributed by atoms with van der Waals surface area (Å²) in [6.45, 7) is 2.12. The van der Waals surface area contributed by atoms with Gasteiger partial charge in [0.1, 0.15) is 5.65 Å². The van der Waals surface area contributed by atoms with Crippen molar-refractivity contribution >= 4 is 22.6 Å². The maximum absolute atomic E-state index is 12.4. The van der Waals surface area contributed by atoms with E-state index < -0.39 is 0 Å². The molecule has 5 nitrogen and oxygen atoms in total. The van der Waals surface area contributed by atoms with Crippen LogP contribution in [0.5, 0.6) is 0 Å². The molecule has 2 amide bonds. The molecule has 5 heteroatoms. The van der Waals surface area contributed by atoms with Gasteiger partial charge in [-0.3, -0.25) is 0 Å². The zero-order valence-corrected chi connectivity index (χ0v) is 16.0. The van der Waals surface area contributed by atoms with Crippen molar-refractivity contribution in [2.24, 2.45) is 0 Å². The van der Waals surface area contributed by atoms with Gasteiger partial charge in [-0.1, -0.05) is 36.4 Å². The minimum Gasteiger partial charge on any atom is -0.346 e. The maximum atomic E-state index is 12.4. The van der Waals surface area contributed by atoms with Crippen LogP contribution in [-0.2, 0) is 6.42 Å². The number of rotatable bonds is 6. The summed E-state index contributed by atoms with van der Waals surface area (Å²) in [6, 6.07) is 14.6. The molecule has 0 aliphatic carbocycles. The van der Waals surface area contributed by atoms with Gasteiger partial charge in [0.2, 0.25) is 0 Å². The zero-order chi connectivity index (χ0) is 19.2. The monoisotopic (exact) mass is 374 g/mol. The van der Waals surface area contributed by atoms with Gasteiger partial charge in [0.25, 0.3) is 0 Å². The Morgan fingerprint density at radius 1 is 1.14 bits per heavy atom. The van der Waals surface area contributed by atoms with Crippen LogP contribution in [0.15, 0.2) is 60.9 Å². The fourth-order valence-electron chi connectivity index (χ4n) is 3.73. The van der Waals surface area contributed by atoms with E-state index in [1.54, 1.807) is 6.20 Å². The molecule has 144 valence electrons. The molecule has 2 N–H and O–H groups in total. The molecule has 4 rings (SSSR count). The first-order chi connectivity index (χ1) is 13.8. The van der Waals surface area contributed by atoms with Gasteiger partial charge < -0.3 is 15.2 Å². The summed E-state index contributed by atoms with van der Waals surface area (Å²) in [5.41, 5.74) is 4.75. The molecule has 2 aromatic heterocycles. The van der Waals surface area contributed by atoms with Crippen molar-refractivity contribution in [3.05, 3.63) is 72.1 Å². The summed E-state index contributed by atoms with van der Waals surface area (Å²) in [5.74, 6) is 0. The summed E-state index contributed by atoms with van der Waals surface area (Å²) < 4.78 is 0. The zero-order valence-electron chi connectivity index (χ0n) is 16.0. The number of nitrogens with one attached hydrogen (secondary N) is 2. The van der Waals surface area contributed by atoms with E-state index in [-0.39, 0.29) is 6.03 Å². The summed E-state index contributed by atoms with van der Waals surface area (Å²) in [4.78, 5) is 21.9. The van der Waals surface area contributed by atoms with E-state index in [1.165, 1.54) is 16.7 Å². The van der Waals surface area contributed by atoms with Crippen LogP contribution >= 0.6 is 0 Å². The fraction of sp³-hybridized carbons (Fsp3) is 0.304. The van der Waals surface area contributed by atoms with Crippen LogP contribution in [0.25, 0.3) is 16.6 Å². The minimum absolute atomic E-state index is 0.0376. The third-order valence-electron chi connectivity index (χ3n) is 5.30. The number of hydrogen-bond acceptors (Lipinski definition) is 2. The Balaban J connectivity index is 1.23. The first-order valence-corrected chi connectivity index (χ1v) is 9.99. The van der Waals surface area contributed by atoms with Crippen molar-refractivity contribution in [3.8, 4) is 0 Å². The normalized spacial score (nSPS) is 14.1. The fourth-order valence-corrected chi connectivity index (χ4v) is 3.73. The number of carbonyl (C=O) groups is 1. The van der Waals surface area contributed by atoms with E-state index in [9.17, 15) is 4.79 Å². The van der Waals surface area contributed by atoms with Gasteiger partial charge in [0.15, 0.2) is 0 Å². The molecule has 0 atom stereocenters. The predicted octanol–water partition coefficient (Wildman–Crippen LogP) is 4.38. The largest absolute Gasteiger partial charge is 0.346 e. The summed E-state index contributed by atoms with van der Waals surface area (Å²) in [5, 5.41) is 4.20. The lowest BCUT2D eigenvalue weighted by atomic mass is 10.00. The van der Waals surface area contributed by atoms with Gasteiger partial charge in [0.05, 0.1) is 0 Å². The average molecular weight is 374 g/mol. The molecule has 0 fully saturated rings. The molecule has 28 heavy (non-hydrogen) atoms. The van der Waals surface area contributed by atoms with Crippen LogP contribution in [-0.4, -0.2) is 40.5 Å². The lowest BCUT2D eigenvalue weighted by Gasteiger charge is -2.26. The lowest BCUT2D eigenvalue weighted by molar-refractivity contribution is 0.203. The van der Waals surface area contributed by atoms with Gasteiger partial charge in [-0.05, 0) is 49.0 Å². The molecular formula is C23H26N4O. The Morgan fingerprint density at radius 3 is 2.86 bits per heavy atom. The highest BCUT2D eigenvalue weighted by atomic mass is 16.2. The van der Waals surface area contributed by atoms with Crippen molar-refractivity contribution in [2.45, 2.75) is 25.7 Å². The number of benzene rings is 1. The number of aromatic nitrogens is 2. The molecular weight excluding hydrogens is 348 g/mol. The van der Waals surface area contributed by atoms with Crippen LogP contribution in [0.2, 0.25) is 0 Å². The number of carbonyl (C=O) groups excluding carboxylic acids is 1. The predicted molar refractivity (Wildman–Crippen MR) is 113 cm³/mol. The SMILES string of the molecule is O=C(NCCCCc1ccccc1)N1CC=C(c2c[nH]c3ncccc23)CC1. The van der Waals surface area contributed by atoms with Gasteiger partial charge in [-0.15, -0.1) is 0 Å². The number of amides is 2. The molecule has 1 aromatic carbocycles. The van der Waals surface area contributed by atoms with Crippen molar-refractivity contribution < 1.29 is 4.79 Å². The number of aromatic amines is 1. The molecule has 0 bridgehead atoms. The van der Waals surface area contributed by atoms with Crippen LogP contribution < -0.4 is 5.32 Å². The Bertz CT molecular complexity index is 961. The number of urea groups is 1.